The van der Waals surface area contributed by atoms with Crippen LogP contribution in [0.25, 0.3) is 0 Å². The minimum Gasteiger partial charge on any atom is -0.475 e. The summed E-state index contributed by atoms with van der Waals surface area (Å²) in [5.74, 6) is -1.37. The molecule has 0 radical (unpaired) electrons. The van der Waals surface area contributed by atoms with Crippen molar-refractivity contribution in [2.45, 2.75) is 32.1 Å². The summed E-state index contributed by atoms with van der Waals surface area (Å²) < 4.78 is 44.8. The number of furan rings is 1. The minimum atomic E-state index is -5.08. The Morgan fingerprint density at radius 1 is 1.48 bits per heavy atom. The van der Waals surface area contributed by atoms with Crippen LogP contribution in [-0.2, 0) is 29.7 Å². The van der Waals surface area contributed by atoms with Crippen LogP contribution in [0.5, 0.6) is 0 Å². The van der Waals surface area contributed by atoms with Crippen molar-refractivity contribution < 1.29 is 32.2 Å². The van der Waals surface area contributed by atoms with Crippen molar-refractivity contribution in [2.75, 3.05) is 19.8 Å². The first-order chi connectivity index (χ1) is 12.7. The Morgan fingerprint density at radius 2 is 2.19 bits per heavy atom. The van der Waals surface area contributed by atoms with Gasteiger partial charge in [-0.25, -0.2) is 4.79 Å². The summed E-state index contributed by atoms with van der Waals surface area (Å²) in [5, 5.41) is 11.5. The Hall–Kier alpha value is -2.33. The topological polar surface area (TPSA) is 80.7 Å². The highest BCUT2D eigenvalue weighted by atomic mass is 19.4. The number of hydrogen-bond donors (Lipinski definition) is 1. The van der Waals surface area contributed by atoms with Gasteiger partial charge in [-0.3, -0.25) is 9.58 Å². The monoisotopic (exact) mass is 389 g/mol. The summed E-state index contributed by atoms with van der Waals surface area (Å²) >= 11 is 0. The first-order valence-corrected chi connectivity index (χ1v) is 8.35. The number of fused-ring (bicyclic) bond motifs is 1. The number of hydrogen-bond acceptors (Lipinski definition) is 5. The van der Waals surface area contributed by atoms with Crippen LogP contribution >= 0.6 is 0 Å². The minimum absolute atomic E-state index is 0.376. The lowest BCUT2D eigenvalue weighted by Crippen LogP contribution is -2.35. The first kappa shape index (κ1) is 21.0. The highest BCUT2D eigenvalue weighted by Gasteiger charge is 2.38. The average Bonchev–Trinajstić information content (AvgIpc) is 3.22. The van der Waals surface area contributed by atoms with Crippen molar-refractivity contribution in [3.8, 4) is 0 Å². The van der Waals surface area contributed by atoms with E-state index in [1.807, 2.05) is 37.0 Å². The summed E-state index contributed by atoms with van der Waals surface area (Å²) in [6.07, 6.45) is -1.38. The van der Waals surface area contributed by atoms with Crippen molar-refractivity contribution >= 4 is 5.97 Å². The van der Waals surface area contributed by atoms with E-state index in [0.29, 0.717) is 5.92 Å². The van der Waals surface area contributed by atoms with Gasteiger partial charge < -0.3 is 14.3 Å². The van der Waals surface area contributed by atoms with Crippen molar-refractivity contribution in [3.05, 3.63) is 41.6 Å². The first-order valence-electron chi connectivity index (χ1n) is 8.35. The van der Waals surface area contributed by atoms with E-state index in [-0.39, 0.29) is 0 Å². The van der Waals surface area contributed by atoms with Gasteiger partial charge in [0, 0.05) is 43.9 Å². The fourth-order valence-electron chi connectivity index (χ4n) is 2.98. The molecule has 7 nitrogen and oxygen atoms in total. The second-order valence-corrected chi connectivity index (χ2v) is 6.09. The summed E-state index contributed by atoms with van der Waals surface area (Å²) in [5.41, 5.74) is 2.61. The molecule has 3 heterocycles. The third kappa shape index (κ3) is 5.83. The second kappa shape index (κ2) is 9.05. The van der Waals surface area contributed by atoms with Crippen LogP contribution in [0, 0.1) is 0 Å². The number of rotatable bonds is 5. The van der Waals surface area contributed by atoms with E-state index in [0.717, 1.165) is 38.6 Å². The molecule has 27 heavy (non-hydrogen) atoms. The molecule has 0 aliphatic carbocycles. The van der Waals surface area contributed by atoms with Gasteiger partial charge in [-0.2, -0.15) is 18.3 Å². The standard InChI is InChI=1S/C15H21N3O2.C2HF3O2/c1-3-19-11-13-9-18(10-14-5-4-6-20-14)8-12-7-16-17(2)15(12)13;3-2(4,5)1(6)7/h4-7,13H,3,8-11H2,1-2H3;(H,6,7). The molecule has 3 rings (SSSR count). The highest BCUT2D eigenvalue weighted by Crippen LogP contribution is 2.29. The molecular weight excluding hydrogens is 367 g/mol. The van der Waals surface area contributed by atoms with Crippen LogP contribution in [-0.4, -0.2) is 51.7 Å². The van der Waals surface area contributed by atoms with Crippen LogP contribution in [0.3, 0.4) is 0 Å². The molecule has 2 aromatic rings. The number of alkyl halides is 3. The Morgan fingerprint density at radius 3 is 2.74 bits per heavy atom. The van der Waals surface area contributed by atoms with Crippen molar-refractivity contribution in [1.82, 2.24) is 14.7 Å². The fourth-order valence-corrected chi connectivity index (χ4v) is 2.98. The van der Waals surface area contributed by atoms with Crippen molar-refractivity contribution in [3.63, 3.8) is 0 Å². The van der Waals surface area contributed by atoms with Gasteiger partial charge in [-0.05, 0) is 19.1 Å². The van der Waals surface area contributed by atoms with E-state index in [4.69, 9.17) is 19.1 Å². The maximum atomic E-state index is 10.6. The fraction of sp³-hybridized carbons (Fsp3) is 0.529. The summed E-state index contributed by atoms with van der Waals surface area (Å²) in [6.45, 7) is 6.27. The number of aliphatic carboxylic acids is 1. The van der Waals surface area contributed by atoms with Gasteiger partial charge in [0.2, 0.25) is 0 Å². The lowest BCUT2D eigenvalue weighted by atomic mass is 9.97. The molecule has 0 amide bonds. The molecule has 1 aliphatic heterocycles. The smallest absolute Gasteiger partial charge is 0.475 e. The number of carbonyl (C=O) groups is 1. The Kier molecular flexibility index (Phi) is 7.03. The Labute approximate surface area is 154 Å². The van der Waals surface area contributed by atoms with E-state index in [1.54, 1.807) is 6.26 Å². The molecular formula is C17H22F3N3O4. The van der Waals surface area contributed by atoms with Gasteiger partial charge in [-0.1, -0.05) is 0 Å². The molecule has 0 saturated heterocycles. The molecule has 150 valence electrons. The molecule has 10 heteroatoms. The van der Waals surface area contributed by atoms with E-state index >= 15 is 0 Å². The van der Waals surface area contributed by atoms with Crippen molar-refractivity contribution in [1.29, 1.82) is 0 Å². The van der Waals surface area contributed by atoms with E-state index < -0.39 is 12.1 Å². The SMILES string of the molecule is CCOCC1CN(Cc2ccco2)Cc2cnn(C)c21.O=C(O)C(F)(F)F. The molecule has 0 saturated carbocycles. The number of halogens is 3. The Bertz CT molecular complexity index is 728. The lowest BCUT2D eigenvalue weighted by Gasteiger charge is -2.32. The quantitative estimate of drug-likeness (QED) is 0.847. The largest absolute Gasteiger partial charge is 0.490 e. The molecule has 1 atom stereocenters. The predicted octanol–water partition coefficient (Wildman–Crippen LogP) is 2.78. The van der Waals surface area contributed by atoms with E-state index in [9.17, 15) is 13.2 Å². The van der Waals surface area contributed by atoms with Crippen LogP contribution in [0.2, 0.25) is 0 Å². The Balaban J connectivity index is 0.000000321. The lowest BCUT2D eigenvalue weighted by molar-refractivity contribution is -0.192. The molecule has 2 aromatic heterocycles. The van der Waals surface area contributed by atoms with E-state index in [1.165, 1.54) is 11.3 Å². The zero-order valence-corrected chi connectivity index (χ0v) is 15.1. The van der Waals surface area contributed by atoms with Crippen LogP contribution in [0.15, 0.2) is 29.0 Å². The second-order valence-electron chi connectivity index (χ2n) is 6.09. The summed E-state index contributed by atoms with van der Waals surface area (Å²) in [6, 6.07) is 3.96. The molecule has 1 N–H and O–H groups in total. The maximum absolute atomic E-state index is 10.6. The van der Waals surface area contributed by atoms with Crippen molar-refractivity contribution in [2.24, 2.45) is 7.05 Å². The van der Waals surface area contributed by atoms with Crippen LogP contribution < -0.4 is 0 Å². The highest BCUT2D eigenvalue weighted by molar-refractivity contribution is 5.73. The van der Waals surface area contributed by atoms with Gasteiger partial charge in [-0.15, -0.1) is 0 Å². The number of aromatic nitrogens is 2. The molecule has 1 aliphatic rings. The number of nitrogens with zero attached hydrogens (tertiary/aromatic N) is 3. The molecule has 0 bridgehead atoms. The third-order valence-corrected chi connectivity index (χ3v) is 4.05. The molecule has 0 fully saturated rings. The molecule has 0 aromatic carbocycles. The predicted molar refractivity (Wildman–Crippen MR) is 89.0 cm³/mol. The number of ether oxygens (including phenoxy) is 1. The number of carboxylic acid groups (broad SMARTS) is 1. The van der Waals surface area contributed by atoms with Crippen LogP contribution in [0.1, 0.15) is 29.9 Å². The molecule has 1 unspecified atom stereocenters. The summed E-state index contributed by atoms with van der Waals surface area (Å²) in [4.78, 5) is 11.3. The van der Waals surface area contributed by atoms with Gasteiger partial charge in [0.15, 0.2) is 0 Å². The summed E-state index contributed by atoms with van der Waals surface area (Å²) in [7, 11) is 2.01. The van der Waals surface area contributed by atoms with Gasteiger partial charge in [0.1, 0.15) is 5.76 Å². The van der Waals surface area contributed by atoms with Crippen LogP contribution in [0.4, 0.5) is 13.2 Å². The molecule has 0 spiro atoms. The zero-order chi connectivity index (χ0) is 20.0. The van der Waals surface area contributed by atoms with Gasteiger partial charge >= 0.3 is 12.1 Å². The zero-order valence-electron chi connectivity index (χ0n) is 15.1. The van der Waals surface area contributed by atoms with E-state index in [2.05, 4.69) is 10.00 Å². The van der Waals surface area contributed by atoms with Gasteiger partial charge in [0.25, 0.3) is 0 Å². The normalized spacial score (nSPS) is 17.1. The van der Waals surface area contributed by atoms with Gasteiger partial charge in [0.05, 0.1) is 25.6 Å². The maximum Gasteiger partial charge on any atom is 0.490 e. The third-order valence-electron chi connectivity index (χ3n) is 4.05. The number of carboxylic acids is 1. The average molecular weight is 389 g/mol. The number of aryl methyl sites for hydroxylation is 1.